The van der Waals surface area contributed by atoms with Crippen LogP contribution in [0.5, 0.6) is 0 Å². The van der Waals surface area contributed by atoms with Gasteiger partial charge < -0.3 is 15.6 Å². The molecule has 0 bridgehead atoms. The summed E-state index contributed by atoms with van der Waals surface area (Å²) >= 11 is 0. The Morgan fingerprint density at radius 3 is 2.94 bits per heavy atom. The van der Waals surface area contributed by atoms with Crippen LogP contribution in [0.2, 0.25) is 0 Å². The first-order valence-corrected chi connectivity index (χ1v) is 5.93. The summed E-state index contributed by atoms with van der Waals surface area (Å²) in [5.41, 5.74) is 1.56. The first-order chi connectivity index (χ1) is 8.28. The molecule has 2 heterocycles. The fourth-order valence-corrected chi connectivity index (χ4v) is 1.98. The summed E-state index contributed by atoms with van der Waals surface area (Å²) in [4.78, 5) is 16.0. The first kappa shape index (κ1) is 10.3. The van der Waals surface area contributed by atoms with E-state index in [4.69, 9.17) is 0 Å². The second-order valence-electron chi connectivity index (χ2n) is 4.52. The van der Waals surface area contributed by atoms with Crippen molar-refractivity contribution in [3.63, 3.8) is 0 Å². The Labute approximate surface area is 99.3 Å². The summed E-state index contributed by atoms with van der Waals surface area (Å²) in [6, 6.07) is 0.445. The number of fused-ring (bicyclic) bond motifs is 1. The van der Waals surface area contributed by atoms with Crippen molar-refractivity contribution in [1.29, 1.82) is 0 Å². The zero-order valence-corrected chi connectivity index (χ0v) is 9.99. The molecular formula is C11H16N6. The highest BCUT2D eigenvalue weighted by Gasteiger charge is 2.28. The molecule has 6 heteroatoms. The number of aromatic nitrogens is 4. The van der Waals surface area contributed by atoms with Gasteiger partial charge in [-0.2, -0.15) is 9.97 Å². The minimum Gasteiger partial charge on any atom is -0.365 e. The number of anilines is 2. The summed E-state index contributed by atoms with van der Waals surface area (Å²) in [7, 11) is 1.81. The standard InChI is InChI=1S/C11H16N6/c1-6(7-3-4-7)15-10-8-9(14-5-13-8)16-11(12-2)17-10/h5-7H,3-4H2,1-2H3,(H3,12,13,14,15,16,17)/t6-/m0/s1. The number of H-pyrrole nitrogens is 1. The van der Waals surface area contributed by atoms with Crippen molar-refractivity contribution >= 4 is 22.9 Å². The smallest absolute Gasteiger partial charge is 0.226 e. The molecule has 1 fully saturated rings. The van der Waals surface area contributed by atoms with Crippen LogP contribution >= 0.6 is 0 Å². The lowest BCUT2D eigenvalue weighted by Crippen LogP contribution is -2.19. The third kappa shape index (κ3) is 1.90. The largest absolute Gasteiger partial charge is 0.365 e. The highest BCUT2D eigenvalue weighted by molar-refractivity contribution is 5.83. The van der Waals surface area contributed by atoms with Crippen molar-refractivity contribution in [3.05, 3.63) is 6.33 Å². The Morgan fingerprint density at radius 2 is 2.24 bits per heavy atom. The monoisotopic (exact) mass is 232 g/mol. The number of hydrogen-bond acceptors (Lipinski definition) is 5. The van der Waals surface area contributed by atoms with Crippen molar-refractivity contribution in [2.24, 2.45) is 5.92 Å². The van der Waals surface area contributed by atoms with Gasteiger partial charge in [0.15, 0.2) is 11.5 Å². The Kier molecular flexibility index (Phi) is 2.35. The van der Waals surface area contributed by atoms with E-state index in [1.54, 1.807) is 6.33 Å². The Morgan fingerprint density at radius 1 is 1.41 bits per heavy atom. The molecule has 2 aromatic rings. The van der Waals surface area contributed by atoms with E-state index in [2.05, 4.69) is 37.5 Å². The molecule has 1 aliphatic rings. The van der Waals surface area contributed by atoms with E-state index in [-0.39, 0.29) is 0 Å². The van der Waals surface area contributed by atoms with Gasteiger partial charge in [0, 0.05) is 13.1 Å². The summed E-state index contributed by atoms with van der Waals surface area (Å²) < 4.78 is 0. The molecule has 17 heavy (non-hydrogen) atoms. The van der Waals surface area contributed by atoms with Crippen molar-refractivity contribution in [2.45, 2.75) is 25.8 Å². The SMILES string of the molecule is CNc1nc(N[C@@H](C)C2CC2)c2[nH]cnc2n1. The number of nitrogens with one attached hydrogen (secondary N) is 3. The summed E-state index contributed by atoms with van der Waals surface area (Å²) in [6.45, 7) is 2.20. The lowest BCUT2D eigenvalue weighted by molar-refractivity contribution is 0.691. The van der Waals surface area contributed by atoms with Gasteiger partial charge in [-0.3, -0.25) is 0 Å². The van der Waals surface area contributed by atoms with Crippen LogP contribution in [0.3, 0.4) is 0 Å². The van der Waals surface area contributed by atoms with Gasteiger partial charge in [-0.15, -0.1) is 0 Å². The molecule has 0 spiro atoms. The molecule has 0 unspecified atom stereocenters. The Hall–Kier alpha value is -1.85. The molecule has 3 N–H and O–H groups in total. The minimum absolute atomic E-state index is 0.445. The normalized spacial score (nSPS) is 17.1. The van der Waals surface area contributed by atoms with Crippen LogP contribution in [0, 0.1) is 5.92 Å². The number of nitrogens with zero attached hydrogens (tertiary/aromatic N) is 3. The average Bonchev–Trinajstić information content (AvgIpc) is 3.07. The van der Waals surface area contributed by atoms with Gasteiger partial charge >= 0.3 is 0 Å². The van der Waals surface area contributed by atoms with Gasteiger partial charge in [-0.1, -0.05) is 0 Å². The van der Waals surface area contributed by atoms with Gasteiger partial charge in [-0.25, -0.2) is 4.98 Å². The fraction of sp³-hybridized carbons (Fsp3) is 0.545. The third-order valence-corrected chi connectivity index (χ3v) is 3.20. The van der Waals surface area contributed by atoms with Gasteiger partial charge in [0.2, 0.25) is 5.95 Å². The van der Waals surface area contributed by atoms with Crippen LogP contribution in [0.25, 0.3) is 11.2 Å². The van der Waals surface area contributed by atoms with Gasteiger partial charge in [0.25, 0.3) is 0 Å². The number of imidazole rings is 1. The first-order valence-electron chi connectivity index (χ1n) is 5.93. The molecule has 0 radical (unpaired) electrons. The summed E-state index contributed by atoms with van der Waals surface area (Å²) in [5, 5.41) is 6.40. The van der Waals surface area contributed by atoms with Crippen molar-refractivity contribution in [3.8, 4) is 0 Å². The predicted octanol–water partition coefficient (Wildman–Crippen LogP) is 1.60. The molecule has 1 saturated carbocycles. The molecular weight excluding hydrogens is 216 g/mol. The van der Waals surface area contributed by atoms with Gasteiger partial charge in [-0.05, 0) is 25.7 Å². The van der Waals surface area contributed by atoms with Crippen LogP contribution in [0.1, 0.15) is 19.8 Å². The van der Waals surface area contributed by atoms with Crippen LogP contribution in [0.15, 0.2) is 6.33 Å². The molecule has 0 aliphatic heterocycles. The minimum atomic E-state index is 0.445. The highest BCUT2D eigenvalue weighted by atomic mass is 15.2. The number of aromatic amines is 1. The van der Waals surface area contributed by atoms with E-state index in [1.165, 1.54) is 12.8 Å². The molecule has 1 aliphatic carbocycles. The van der Waals surface area contributed by atoms with Crippen LogP contribution in [-0.4, -0.2) is 33.0 Å². The molecule has 3 rings (SSSR count). The van der Waals surface area contributed by atoms with E-state index in [1.807, 2.05) is 7.05 Å². The van der Waals surface area contributed by atoms with E-state index in [0.29, 0.717) is 17.6 Å². The molecule has 2 aromatic heterocycles. The van der Waals surface area contributed by atoms with Gasteiger partial charge in [0.05, 0.1) is 6.33 Å². The van der Waals surface area contributed by atoms with Crippen molar-refractivity contribution < 1.29 is 0 Å². The van der Waals surface area contributed by atoms with Crippen molar-refractivity contribution in [1.82, 2.24) is 19.9 Å². The maximum absolute atomic E-state index is 4.44. The Balaban J connectivity index is 1.97. The predicted molar refractivity (Wildman–Crippen MR) is 67.0 cm³/mol. The Bertz CT molecular complexity index is 530. The summed E-state index contributed by atoms with van der Waals surface area (Å²) in [5.74, 6) is 2.20. The fourth-order valence-electron chi connectivity index (χ4n) is 1.98. The zero-order chi connectivity index (χ0) is 11.8. The number of rotatable bonds is 4. The van der Waals surface area contributed by atoms with E-state index >= 15 is 0 Å². The topological polar surface area (TPSA) is 78.5 Å². The van der Waals surface area contributed by atoms with E-state index in [0.717, 1.165) is 17.3 Å². The highest BCUT2D eigenvalue weighted by Crippen LogP contribution is 2.34. The second kappa shape index (κ2) is 3.87. The van der Waals surface area contributed by atoms with Crippen LogP contribution in [0.4, 0.5) is 11.8 Å². The third-order valence-electron chi connectivity index (χ3n) is 3.20. The average molecular weight is 232 g/mol. The summed E-state index contributed by atoms with van der Waals surface area (Å²) in [6.07, 6.45) is 4.26. The maximum Gasteiger partial charge on any atom is 0.226 e. The molecule has 6 nitrogen and oxygen atoms in total. The van der Waals surface area contributed by atoms with Crippen molar-refractivity contribution in [2.75, 3.05) is 17.7 Å². The maximum atomic E-state index is 4.44. The van der Waals surface area contributed by atoms with E-state index < -0.39 is 0 Å². The lowest BCUT2D eigenvalue weighted by atomic mass is 10.2. The molecule has 1 atom stereocenters. The number of hydrogen-bond donors (Lipinski definition) is 3. The molecule has 0 amide bonds. The quantitative estimate of drug-likeness (QED) is 0.746. The molecule has 90 valence electrons. The lowest BCUT2D eigenvalue weighted by Gasteiger charge is -2.14. The van der Waals surface area contributed by atoms with Crippen LogP contribution in [-0.2, 0) is 0 Å². The molecule has 0 saturated heterocycles. The molecule has 0 aromatic carbocycles. The van der Waals surface area contributed by atoms with E-state index in [9.17, 15) is 0 Å². The zero-order valence-electron chi connectivity index (χ0n) is 9.99. The van der Waals surface area contributed by atoms with Crippen LogP contribution < -0.4 is 10.6 Å². The van der Waals surface area contributed by atoms with Gasteiger partial charge in [0.1, 0.15) is 5.52 Å². The second-order valence-corrected chi connectivity index (χ2v) is 4.52.